The summed E-state index contributed by atoms with van der Waals surface area (Å²) in [6, 6.07) is 8.31. The van der Waals surface area contributed by atoms with Gasteiger partial charge in [-0.3, -0.25) is 0 Å². The highest BCUT2D eigenvalue weighted by Crippen LogP contribution is 2.42. The molecule has 2 aromatic rings. The molecule has 0 aliphatic carbocycles. The number of ether oxygens (including phenoxy) is 4. The zero-order valence-electron chi connectivity index (χ0n) is 19.0. The quantitative estimate of drug-likeness (QED) is 0.285. The molecule has 0 atom stereocenters. The molecule has 0 radical (unpaired) electrons. The van der Waals surface area contributed by atoms with Gasteiger partial charge < -0.3 is 18.9 Å². The van der Waals surface area contributed by atoms with Gasteiger partial charge in [0.1, 0.15) is 9.79 Å². The Morgan fingerprint density at radius 2 is 1.12 bits per heavy atom. The molecule has 0 fully saturated rings. The monoisotopic (exact) mass is 474 g/mol. The smallest absolute Gasteiger partial charge is 0.338 e. The van der Waals surface area contributed by atoms with Crippen molar-refractivity contribution in [2.75, 3.05) is 13.2 Å². The van der Waals surface area contributed by atoms with Crippen LogP contribution in [0.1, 0.15) is 27.7 Å². The van der Waals surface area contributed by atoms with E-state index >= 15 is 0 Å². The number of para-hydroxylation sites is 2. The number of carbonyl (C=O) groups excluding carboxylic acids is 2. The second kappa shape index (κ2) is 10.8. The average molecular weight is 475 g/mol. The third-order valence-corrected chi connectivity index (χ3v) is 5.95. The molecule has 176 valence electrons. The first-order valence-electron chi connectivity index (χ1n) is 10.1. The normalized spacial score (nSPS) is 10.8. The largest absolute Gasteiger partial charge is 0.489 e. The average Bonchev–Trinajstić information content (AvgIpc) is 2.75. The van der Waals surface area contributed by atoms with Crippen molar-refractivity contribution in [2.45, 2.75) is 37.5 Å². The molecule has 0 N–H and O–H groups in total. The van der Waals surface area contributed by atoms with Crippen LogP contribution in [0.15, 0.2) is 70.5 Å². The Labute approximate surface area is 193 Å². The second-order valence-electron chi connectivity index (χ2n) is 6.88. The molecule has 2 aromatic carbocycles. The minimum atomic E-state index is -4.28. The topological polar surface area (TPSA) is 105 Å². The summed E-state index contributed by atoms with van der Waals surface area (Å²) in [5, 5.41) is 0. The summed E-state index contributed by atoms with van der Waals surface area (Å²) in [7, 11) is -4.28. The summed E-state index contributed by atoms with van der Waals surface area (Å²) in [5.41, 5.74) is 0.271. The van der Waals surface area contributed by atoms with Gasteiger partial charge in [-0.25, -0.2) is 18.0 Å². The molecule has 9 heteroatoms. The van der Waals surface area contributed by atoms with Crippen LogP contribution in [0, 0.1) is 0 Å². The zero-order chi connectivity index (χ0) is 24.8. The number of carbonyl (C=O) groups is 2. The van der Waals surface area contributed by atoms with Crippen LogP contribution in [0.4, 0.5) is 0 Å². The van der Waals surface area contributed by atoms with E-state index in [9.17, 15) is 18.0 Å². The van der Waals surface area contributed by atoms with Crippen molar-refractivity contribution in [1.29, 1.82) is 0 Å². The van der Waals surface area contributed by atoms with Crippen molar-refractivity contribution in [3.8, 4) is 23.0 Å². The van der Waals surface area contributed by atoms with Crippen LogP contribution in [-0.4, -0.2) is 33.6 Å². The molecule has 0 unspecified atom stereocenters. The molecule has 0 bridgehead atoms. The van der Waals surface area contributed by atoms with Crippen molar-refractivity contribution in [3.05, 3.63) is 60.7 Å². The maximum atomic E-state index is 13.7. The van der Waals surface area contributed by atoms with Crippen molar-refractivity contribution < 1.29 is 37.0 Å². The number of hydrogen-bond donors (Lipinski definition) is 0. The predicted molar refractivity (Wildman–Crippen MR) is 122 cm³/mol. The molecule has 33 heavy (non-hydrogen) atoms. The van der Waals surface area contributed by atoms with Crippen LogP contribution in [0.2, 0.25) is 0 Å². The molecular formula is C24H26O8S. The van der Waals surface area contributed by atoms with Gasteiger partial charge in [0.05, 0.1) is 13.2 Å². The Hall–Kier alpha value is -3.59. The maximum Gasteiger partial charge on any atom is 0.338 e. The van der Waals surface area contributed by atoms with Crippen LogP contribution in [0.25, 0.3) is 0 Å². The molecule has 0 saturated heterocycles. The summed E-state index contributed by atoms with van der Waals surface area (Å²) in [4.78, 5) is 23.6. The summed E-state index contributed by atoms with van der Waals surface area (Å²) >= 11 is 0. The van der Waals surface area contributed by atoms with Crippen molar-refractivity contribution in [1.82, 2.24) is 0 Å². The SMILES string of the molecule is C=C(C)C(=O)Oc1cccc(S(=O)(=O)c2cccc(OC(=O)C(=C)C)c2OCC)c1OCC. The Bertz CT molecular complexity index is 1110. The van der Waals surface area contributed by atoms with Crippen molar-refractivity contribution in [3.63, 3.8) is 0 Å². The van der Waals surface area contributed by atoms with Gasteiger partial charge in [-0.05, 0) is 52.0 Å². The molecular weight excluding hydrogens is 448 g/mol. The maximum absolute atomic E-state index is 13.7. The van der Waals surface area contributed by atoms with E-state index in [-0.39, 0.29) is 57.1 Å². The lowest BCUT2D eigenvalue weighted by molar-refractivity contribution is -0.131. The van der Waals surface area contributed by atoms with E-state index in [4.69, 9.17) is 18.9 Å². The Morgan fingerprint density at radius 1 is 0.758 bits per heavy atom. The van der Waals surface area contributed by atoms with Crippen molar-refractivity contribution >= 4 is 21.8 Å². The van der Waals surface area contributed by atoms with E-state index in [1.807, 2.05) is 0 Å². The molecule has 0 amide bonds. The second-order valence-corrected chi connectivity index (χ2v) is 8.76. The molecule has 0 aliphatic heterocycles. The van der Waals surface area contributed by atoms with Crippen LogP contribution in [0.5, 0.6) is 23.0 Å². The van der Waals surface area contributed by atoms with Gasteiger partial charge in [-0.2, -0.15) is 0 Å². The summed E-state index contributed by atoms with van der Waals surface area (Å²) in [6.07, 6.45) is 0. The van der Waals surface area contributed by atoms with E-state index in [0.717, 1.165) is 0 Å². The molecule has 0 aliphatic rings. The fraction of sp³-hybridized carbons (Fsp3) is 0.250. The van der Waals surface area contributed by atoms with E-state index in [0.29, 0.717) is 0 Å². The molecule has 0 saturated carbocycles. The van der Waals surface area contributed by atoms with Gasteiger partial charge in [-0.15, -0.1) is 0 Å². The number of hydrogen-bond acceptors (Lipinski definition) is 8. The Kier molecular flexibility index (Phi) is 8.42. The van der Waals surface area contributed by atoms with Crippen LogP contribution < -0.4 is 18.9 Å². The van der Waals surface area contributed by atoms with E-state index in [1.165, 1.54) is 50.2 Å². The fourth-order valence-electron chi connectivity index (χ4n) is 2.64. The third kappa shape index (κ3) is 5.81. The first-order chi connectivity index (χ1) is 15.5. The molecule has 0 aromatic heterocycles. The van der Waals surface area contributed by atoms with E-state index in [1.54, 1.807) is 13.8 Å². The minimum absolute atomic E-state index is 0.0752. The standard InChI is InChI=1S/C24H26O8S/c1-7-29-21-17(31-23(25)15(3)4)11-9-13-19(21)33(27,28)20-14-10-12-18(22(20)30-8-2)32-24(26)16(5)6/h9-14H,3,5,7-8H2,1-2,4,6H3. The van der Waals surface area contributed by atoms with Gasteiger partial charge >= 0.3 is 11.9 Å². The number of sulfone groups is 1. The lowest BCUT2D eigenvalue weighted by atomic mass is 10.3. The van der Waals surface area contributed by atoms with Crippen molar-refractivity contribution in [2.24, 2.45) is 0 Å². The molecule has 0 heterocycles. The summed E-state index contributed by atoms with van der Waals surface area (Å²) in [5.74, 6) is -1.88. The van der Waals surface area contributed by atoms with E-state index in [2.05, 4.69) is 13.2 Å². The van der Waals surface area contributed by atoms with Crippen LogP contribution in [0.3, 0.4) is 0 Å². The lowest BCUT2D eigenvalue weighted by Gasteiger charge is -2.18. The fourth-order valence-corrected chi connectivity index (χ4v) is 4.20. The molecule has 8 nitrogen and oxygen atoms in total. The van der Waals surface area contributed by atoms with Gasteiger partial charge in [0.2, 0.25) is 9.84 Å². The molecule has 2 rings (SSSR count). The lowest BCUT2D eigenvalue weighted by Crippen LogP contribution is -2.14. The zero-order valence-corrected chi connectivity index (χ0v) is 19.8. The Morgan fingerprint density at radius 3 is 1.42 bits per heavy atom. The van der Waals surface area contributed by atoms with E-state index < -0.39 is 21.8 Å². The molecule has 0 spiro atoms. The first-order valence-corrected chi connectivity index (χ1v) is 11.5. The summed E-state index contributed by atoms with van der Waals surface area (Å²) in [6.45, 7) is 13.5. The predicted octanol–water partition coefficient (Wildman–Crippen LogP) is 4.28. The third-order valence-electron chi connectivity index (χ3n) is 4.14. The highest BCUT2D eigenvalue weighted by molar-refractivity contribution is 7.91. The number of esters is 2. The van der Waals surface area contributed by atoms with Gasteiger partial charge in [0.15, 0.2) is 23.0 Å². The highest BCUT2D eigenvalue weighted by atomic mass is 32.2. The number of rotatable bonds is 10. The Balaban J connectivity index is 2.71. The van der Waals surface area contributed by atoms with Gasteiger partial charge in [0, 0.05) is 11.1 Å². The number of benzene rings is 2. The highest BCUT2D eigenvalue weighted by Gasteiger charge is 2.31. The minimum Gasteiger partial charge on any atom is -0.489 e. The first kappa shape index (κ1) is 25.7. The summed E-state index contributed by atoms with van der Waals surface area (Å²) < 4.78 is 49.1. The van der Waals surface area contributed by atoms with Gasteiger partial charge in [-0.1, -0.05) is 25.3 Å². The van der Waals surface area contributed by atoms with Gasteiger partial charge in [0.25, 0.3) is 0 Å². The van der Waals surface area contributed by atoms with Crippen LogP contribution in [-0.2, 0) is 19.4 Å². The van der Waals surface area contributed by atoms with Crippen LogP contribution >= 0.6 is 0 Å².